The number of aryl methyl sites for hydroxylation is 1. The smallest absolute Gasteiger partial charge is 0.228 e. The van der Waals surface area contributed by atoms with Crippen molar-refractivity contribution in [3.05, 3.63) is 63.9 Å². The first-order chi connectivity index (χ1) is 11.2. The molecule has 7 heteroatoms. The van der Waals surface area contributed by atoms with Crippen LogP contribution in [0.2, 0.25) is 5.02 Å². The van der Waals surface area contributed by atoms with E-state index in [1.807, 2.05) is 29.6 Å². The Kier molecular flexibility index (Phi) is 4.85. The molecule has 3 aromatic rings. The number of hydrogen-bond donors (Lipinski definition) is 2. The van der Waals surface area contributed by atoms with E-state index in [-0.39, 0.29) is 6.04 Å². The molecule has 1 unspecified atom stereocenters. The fourth-order valence-electron chi connectivity index (χ4n) is 2.07. The van der Waals surface area contributed by atoms with E-state index in [4.69, 9.17) is 17.3 Å². The average molecular weight is 346 g/mol. The molecular weight excluding hydrogens is 330 g/mol. The lowest BCUT2D eigenvalue weighted by atomic mass is 10.1. The second-order valence-electron chi connectivity index (χ2n) is 4.97. The van der Waals surface area contributed by atoms with Crippen molar-refractivity contribution in [2.45, 2.75) is 19.4 Å². The van der Waals surface area contributed by atoms with E-state index in [0.717, 1.165) is 23.2 Å². The molecule has 23 heavy (non-hydrogen) atoms. The zero-order chi connectivity index (χ0) is 16.2. The van der Waals surface area contributed by atoms with Gasteiger partial charge >= 0.3 is 0 Å². The Hall–Kier alpha value is -2.02. The van der Waals surface area contributed by atoms with Crippen LogP contribution in [0.25, 0.3) is 0 Å². The molecule has 0 aliphatic heterocycles. The van der Waals surface area contributed by atoms with Gasteiger partial charge in [-0.2, -0.15) is 0 Å². The van der Waals surface area contributed by atoms with Gasteiger partial charge in [0.25, 0.3) is 0 Å². The highest BCUT2D eigenvalue weighted by Crippen LogP contribution is 2.29. The lowest BCUT2D eigenvalue weighted by molar-refractivity contribution is 0.840. The molecule has 0 saturated heterocycles. The summed E-state index contributed by atoms with van der Waals surface area (Å²) in [6.07, 6.45) is 4.52. The van der Waals surface area contributed by atoms with Crippen LogP contribution in [0.4, 0.5) is 11.1 Å². The second kappa shape index (κ2) is 7.04. The Morgan fingerprint density at radius 1 is 1.26 bits per heavy atom. The fourth-order valence-corrected chi connectivity index (χ4v) is 3.06. The highest BCUT2D eigenvalue weighted by molar-refractivity contribution is 7.13. The first kappa shape index (κ1) is 15.9. The predicted octanol–water partition coefficient (Wildman–Crippen LogP) is 3.94. The van der Waals surface area contributed by atoms with Gasteiger partial charge in [0.05, 0.1) is 11.7 Å². The lowest BCUT2D eigenvalue weighted by Gasteiger charge is -2.10. The van der Waals surface area contributed by atoms with E-state index < -0.39 is 0 Å². The van der Waals surface area contributed by atoms with Crippen LogP contribution in [0.15, 0.2) is 42.0 Å². The van der Waals surface area contributed by atoms with Crippen molar-refractivity contribution in [2.75, 3.05) is 5.32 Å². The number of nitrogens with zero attached hydrogens (tertiary/aromatic N) is 3. The van der Waals surface area contributed by atoms with Crippen molar-refractivity contribution < 1.29 is 0 Å². The van der Waals surface area contributed by atoms with Gasteiger partial charge < -0.3 is 11.1 Å². The van der Waals surface area contributed by atoms with Crippen molar-refractivity contribution in [2.24, 2.45) is 5.73 Å². The number of thiazole rings is 1. The van der Waals surface area contributed by atoms with Crippen molar-refractivity contribution in [3.63, 3.8) is 0 Å². The zero-order valence-corrected chi connectivity index (χ0v) is 14.1. The van der Waals surface area contributed by atoms with Crippen LogP contribution in [0, 0.1) is 0 Å². The molecule has 0 aliphatic carbocycles. The molecule has 2 heterocycles. The molecule has 0 spiro atoms. The van der Waals surface area contributed by atoms with Crippen molar-refractivity contribution in [1.82, 2.24) is 15.0 Å². The van der Waals surface area contributed by atoms with Crippen LogP contribution < -0.4 is 11.1 Å². The minimum absolute atomic E-state index is 0.362. The molecular formula is C16H16ClN5S. The first-order valence-corrected chi connectivity index (χ1v) is 8.46. The predicted molar refractivity (Wildman–Crippen MR) is 94.3 cm³/mol. The van der Waals surface area contributed by atoms with Crippen LogP contribution in [-0.4, -0.2) is 15.0 Å². The number of rotatable bonds is 5. The number of hydrogen-bond acceptors (Lipinski definition) is 6. The van der Waals surface area contributed by atoms with Crippen molar-refractivity contribution >= 4 is 34.0 Å². The number of aromatic nitrogens is 3. The average Bonchev–Trinajstić information content (AvgIpc) is 3.04. The quantitative estimate of drug-likeness (QED) is 0.732. The normalized spacial score (nSPS) is 12.1. The topological polar surface area (TPSA) is 76.7 Å². The van der Waals surface area contributed by atoms with Gasteiger partial charge in [-0.3, -0.25) is 0 Å². The molecule has 0 bridgehead atoms. The zero-order valence-electron chi connectivity index (χ0n) is 12.5. The third-order valence-corrected chi connectivity index (χ3v) is 4.53. The first-order valence-electron chi connectivity index (χ1n) is 7.20. The van der Waals surface area contributed by atoms with Crippen LogP contribution in [0.5, 0.6) is 0 Å². The maximum absolute atomic E-state index is 6.26. The Morgan fingerprint density at radius 2 is 2.00 bits per heavy atom. The third kappa shape index (κ3) is 3.67. The SMILES string of the molecule is CCc1cnc(Nc2nc(C(N)c3ccccc3Cl)cs2)nc1. The van der Waals surface area contributed by atoms with E-state index in [0.29, 0.717) is 16.1 Å². The van der Waals surface area contributed by atoms with Gasteiger partial charge in [-0.25, -0.2) is 15.0 Å². The molecule has 5 nitrogen and oxygen atoms in total. The highest BCUT2D eigenvalue weighted by atomic mass is 35.5. The van der Waals surface area contributed by atoms with Gasteiger partial charge in [-0.15, -0.1) is 11.3 Å². The Balaban J connectivity index is 1.76. The van der Waals surface area contributed by atoms with E-state index >= 15 is 0 Å². The van der Waals surface area contributed by atoms with Gasteiger partial charge in [0, 0.05) is 22.8 Å². The number of nitrogens with two attached hydrogens (primary N) is 1. The summed E-state index contributed by atoms with van der Waals surface area (Å²) in [6.45, 7) is 2.06. The Labute approximate surface area is 143 Å². The van der Waals surface area contributed by atoms with Gasteiger partial charge in [-0.1, -0.05) is 36.7 Å². The maximum Gasteiger partial charge on any atom is 0.228 e. The van der Waals surface area contributed by atoms with Crippen LogP contribution >= 0.6 is 22.9 Å². The number of halogens is 1. The summed E-state index contributed by atoms with van der Waals surface area (Å²) in [4.78, 5) is 13.0. The minimum atomic E-state index is -0.362. The molecule has 0 amide bonds. The molecule has 1 aromatic carbocycles. The van der Waals surface area contributed by atoms with Gasteiger partial charge in [0.2, 0.25) is 5.95 Å². The molecule has 3 rings (SSSR count). The van der Waals surface area contributed by atoms with Crippen molar-refractivity contribution in [1.29, 1.82) is 0 Å². The summed E-state index contributed by atoms with van der Waals surface area (Å²) < 4.78 is 0. The third-order valence-electron chi connectivity index (χ3n) is 3.41. The highest BCUT2D eigenvalue weighted by Gasteiger charge is 2.15. The summed E-state index contributed by atoms with van der Waals surface area (Å²) in [5, 5.41) is 6.35. The van der Waals surface area contributed by atoms with Crippen LogP contribution in [0.1, 0.15) is 29.8 Å². The summed E-state index contributed by atoms with van der Waals surface area (Å²) in [5.41, 5.74) is 8.97. The maximum atomic E-state index is 6.26. The second-order valence-corrected chi connectivity index (χ2v) is 6.24. The number of nitrogens with one attached hydrogen (secondary N) is 1. The molecule has 0 saturated carbocycles. The molecule has 0 fully saturated rings. The van der Waals surface area contributed by atoms with E-state index in [2.05, 4.69) is 27.2 Å². The summed E-state index contributed by atoms with van der Waals surface area (Å²) in [6, 6.07) is 7.16. The molecule has 3 N–H and O–H groups in total. The van der Waals surface area contributed by atoms with E-state index in [9.17, 15) is 0 Å². The van der Waals surface area contributed by atoms with Crippen molar-refractivity contribution in [3.8, 4) is 0 Å². The molecule has 118 valence electrons. The standard InChI is InChI=1S/C16H16ClN5S/c1-2-10-7-19-15(20-8-10)22-16-21-13(9-23-16)14(18)11-5-3-4-6-12(11)17/h3-9,14H,2,18H2,1H3,(H,19,20,21,22). The number of anilines is 2. The van der Waals surface area contributed by atoms with Crippen LogP contribution in [0.3, 0.4) is 0 Å². The lowest BCUT2D eigenvalue weighted by Crippen LogP contribution is -2.12. The van der Waals surface area contributed by atoms with Gasteiger partial charge in [-0.05, 0) is 23.6 Å². The monoisotopic (exact) mass is 345 g/mol. The van der Waals surface area contributed by atoms with E-state index in [1.54, 1.807) is 12.4 Å². The number of benzene rings is 1. The molecule has 2 aromatic heterocycles. The Morgan fingerprint density at radius 3 is 2.70 bits per heavy atom. The Bertz CT molecular complexity index is 787. The van der Waals surface area contributed by atoms with Gasteiger partial charge in [0.15, 0.2) is 5.13 Å². The van der Waals surface area contributed by atoms with Crippen LogP contribution in [-0.2, 0) is 6.42 Å². The van der Waals surface area contributed by atoms with Gasteiger partial charge in [0.1, 0.15) is 0 Å². The fraction of sp³-hybridized carbons (Fsp3) is 0.188. The minimum Gasteiger partial charge on any atom is -0.319 e. The molecule has 1 atom stereocenters. The van der Waals surface area contributed by atoms with E-state index in [1.165, 1.54) is 11.3 Å². The molecule has 0 aliphatic rings. The summed E-state index contributed by atoms with van der Waals surface area (Å²) in [5.74, 6) is 0.523. The largest absolute Gasteiger partial charge is 0.319 e. The summed E-state index contributed by atoms with van der Waals surface area (Å²) >= 11 is 7.65. The molecule has 0 radical (unpaired) electrons. The summed E-state index contributed by atoms with van der Waals surface area (Å²) in [7, 11) is 0.